The first-order valence-electron chi connectivity index (χ1n) is 5.77. The zero-order chi connectivity index (χ0) is 14.3. The van der Waals surface area contributed by atoms with Gasteiger partial charge >= 0.3 is 0 Å². The summed E-state index contributed by atoms with van der Waals surface area (Å²) in [5, 5.41) is -0.290. The second kappa shape index (κ2) is 7.53. The quantitative estimate of drug-likeness (QED) is 0.698. The van der Waals surface area contributed by atoms with Crippen LogP contribution in [-0.2, 0) is 0 Å². The predicted molar refractivity (Wildman–Crippen MR) is 68.3 cm³/mol. The first kappa shape index (κ1) is 16.0. The van der Waals surface area contributed by atoms with Crippen molar-refractivity contribution in [3.05, 3.63) is 35.9 Å². The fraction of sp³-hybridized carbons (Fsp3) is 0.462. The SMILES string of the molecule is O=C(SCCC(F)C(F)(F)CCF)c1ccccc1. The molecule has 0 aliphatic carbocycles. The van der Waals surface area contributed by atoms with Crippen LogP contribution >= 0.6 is 11.8 Å². The van der Waals surface area contributed by atoms with Crippen LogP contribution in [0.5, 0.6) is 0 Å². The van der Waals surface area contributed by atoms with Crippen LogP contribution < -0.4 is 0 Å². The molecule has 0 fully saturated rings. The summed E-state index contributed by atoms with van der Waals surface area (Å²) >= 11 is 0.786. The first-order chi connectivity index (χ1) is 8.97. The minimum absolute atomic E-state index is 0.0588. The molecule has 1 rings (SSSR count). The lowest BCUT2D eigenvalue weighted by Crippen LogP contribution is -2.31. The summed E-state index contributed by atoms with van der Waals surface area (Å²) in [6.45, 7) is -1.26. The summed E-state index contributed by atoms with van der Waals surface area (Å²) < 4.78 is 50.9. The van der Waals surface area contributed by atoms with Gasteiger partial charge in [-0.3, -0.25) is 9.18 Å². The van der Waals surface area contributed by atoms with Crippen LogP contribution in [0.4, 0.5) is 17.6 Å². The molecule has 0 amide bonds. The molecular weight excluding hydrogens is 280 g/mol. The third-order valence-corrected chi connectivity index (χ3v) is 3.44. The Balaban J connectivity index is 2.36. The van der Waals surface area contributed by atoms with Gasteiger partial charge in [0.15, 0.2) is 6.17 Å². The normalized spacial score (nSPS) is 13.3. The van der Waals surface area contributed by atoms with Gasteiger partial charge in [-0.05, 0) is 6.42 Å². The van der Waals surface area contributed by atoms with E-state index in [1.807, 2.05) is 0 Å². The van der Waals surface area contributed by atoms with Gasteiger partial charge in [0.05, 0.1) is 6.67 Å². The van der Waals surface area contributed by atoms with Crippen LogP contribution in [0.15, 0.2) is 30.3 Å². The van der Waals surface area contributed by atoms with Crippen molar-refractivity contribution >= 4 is 16.9 Å². The molecule has 0 saturated carbocycles. The number of alkyl halides is 4. The van der Waals surface area contributed by atoms with Gasteiger partial charge in [-0.15, -0.1) is 0 Å². The van der Waals surface area contributed by atoms with Crippen LogP contribution in [0.1, 0.15) is 23.2 Å². The highest BCUT2D eigenvalue weighted by Gasteiger charge is 2.39. The van der Waals surface area contributed by atoms with E-state index in [4.69, 9.17) is 0 Å². The monoisotopic (exact) mass is 294 g/mol. The van der Waals surface area contributed by atoms with E-state index >= 15 is 0 Å². The summed E-state index contributed by atoms with van der Waals surface area (Å²) in [6.07, 6.45) is -4.01. The Hall–Kier alpha value is -1.04. The minimum atomic E-state index is -3.66. The van der Waals surface area contributed by atoms with Gasteiger partial charge in [-0.1, -0.05) is 42.1 Å². The van der Waals surface area contributed by atoms with Gasteiger partial charge in [-0.2, -0.15) is 0 Å². The fourth-order valence-corrected chi connectivity index (χ4v) is 2.22. The summed E-state index contributed by atoms with van der Waals surface area (Å²) in [5.74, 6) is -3.72. The first-order valence-corrected chi connectivity index (χ1v) is 6.76. The fourth-order valence-electron chi connectivity index (χ4n) is 1.41. The molecule has 0 saturated heterocycles. The van der Waals surface area contributed by atoms with E-state index in [9.17, 15) is 22.4 Å². The molecule has 1 atom stereocenters. The number of hydrogen-bond acceptors (Lipinski definition) is 2. The number of thioether (sulfide) groups is 1. The van der Waals surface area contributed by atoms with E-state index in [1.165, 1.54) is 0 Å². The molecule has 0 heterocycles. The Kier molecular flexibility index (Phi) is 6.34. The number of benzene rings is 1. The van der Waals surface area contributed by atoms with E-state index < -0.39 is 31.6 Å². The number of carbonyl (C=O) groups is 1. The average molecular weight is 294 g/mol. The van der Waals surface area contributed by atoms with Crippen molar-refractivity contribution in [1.29, 1.82) is 0 Å². The Morgan fingerprint density at radius 1 is 1.26 bits per heavy atom. The standard InChI is InChI=1S/C13H14F4OS/c14-8-7-13(16,17)11(15)6-9-19-12(18)10-4-2-1-3-5-10/h1-5,11H,6-9H2. The highest BCUT2D eigenvalue weighted by Crippen LogP contribution is 2.29. The Morgan fingerprint density at radius 2 is 1.89 bits per heavy atom. The number of carbonyl (C=O) groups excluding carboxylic acids is 1. The number of hydrogen-bond donors (Lipinski definition) is 0. The third kappa shape index (κ3) is 5.22. The second-order valence-electron chi connectivity index (χ2n) is 3.96. The Bertz CT molecular complexity index is 397. The molecule has 0 bridgehead atoms. The van der Waals surface area contributed by atoms with E-state index in [1.54, 1.807) is 30.3 Å². The molecule has 1 unspecified atom stereocenters. The van der Waals surface area contributed by atoms with E-state index in [0.29, 0.717) is 5.56 Å². The highest BCUT2D eigenvalue weighted by molar-refractivity contribution is 8.14. The lowest BCUT2D eigenvalue weighted by molar-refractivity contribution is -0.0821. The van der Waals surface area contributed by atoms with Gasteiger partial charge in [0.1, 0.15) is 0 Å². The molecular formula is C13H14F4OS. The summed E-state index contributed by atoms with van der Waals surface area (Å²) in [7, 11) is 0. The molecule has 1 aromatic carbocycles. The van der Waals surface area contributed by atoms with Crippen LogP contribution in [0.3, 0.4) is 0 Å². The molecule has 0 aliphatic heterocycles. The van der Waals surface area contributed by atoms with Crippen molar-refractivity contribution in [2.24, 2.45) is 0 Å². The van der Waals surface area contributed by atoms with E-state index in [-0.39, 0.29) is 10.9 Å². The number of halogens is 4. The second-order valence-corrected chi connectivity index (χ2v) is 5.03. The minimum Gasteiger partial charge on any atom is -0.282 e. The zero-order valence-electron chi connectivity index (χ0n) is 10.1. The van der Waals surface area contributed by atoms with Crippen LogP contribution in [0.2, 0.25) is 0 Å². The molecule has 19 heavy (non-hydrogen) atoms. The van der Waals surface area contributed by atoms with Crippen molar-refractivity contribution in [3.8, 4) is 0 Å². The van der Waals surface area contributed by atoms with Gasteiger partial charge in [0, 0.05) is 17.7 Å². The largest absolute Gasteiger partial charge is 0.282 e. The summed E-state index contributed by atoms with van der Waals surface area (Å²) in [4.78, 5) is 11.6. The van der Waals surface area contributed by atoms with Crippen molar-refractivity contribution in [2.75, 3.05) is 12.4 Å². The molecule has 1 aromatic rings. The summed E-state index contributed by atoms with van der Waals surface area (Å²) in [6, 6.07) is 8.30. The van der Waals surface area contributed by atoms with E-state index in [2.05, 4.69) is 0 Å². The molecule has 1 nitrogen and oxygen atoms in total. The highest BCUT2D eigenvalue weighted by atomic mass is 32.2. The molecule has 6 heteroatoms. The maximum Gasteiger partial charge on any atom is 0.281 e. The Labute approximate surface area is 113 Å². The smallest absolute Gasteiger partial charge is 0.281 e. The van der Waals surface area contributed by atoms with Crippen molar-refractivity contribution in [2.45, 2.75) is 24.9 Å². The van der Waals surface area contributed by atoms with Crippen LogP contribution in [0.25, 0.3) is 0 Å². The average Bonchev–Trinajstić information content (AvgIpc) is 2.39. The molecule has 106 valence electrons. The van der Waals surface area contributed by atoms with E-state index in [0.717, 1.165) is 11.8 Å². The molecule has 0 aromatic heterocycles. The maximum atomic E-state index is 13.2. The van der Waals surface area contributed by atoms with Gasteiger partial charge in [0.2, 0.25) is 5.12 Å². The van der Waals surface area contributed by atoms with Crippen LogP contribution in [-0.4, -0.2) is 29.6 Å². The molecule has 0 radical (unpaired) electrons. The van der Waals surface area contributed by atoms with Gasteiger partial charge in [-0.25, -0.2) is 13.2 Å². The number of rotatable bonds is 7. The third-order valence-electron chi connectivity index (χ3n) is 2.50. The molecule has 0 aliphatic rings. The maximum absolute atomic E-state index is 13.2. The lowest BCUT2D eigenvalue weighted by Gasteiger charge is -2.18. The summed E-state index contributed by atoms with van der Waals surface area (Å²) in [5.41, 5.74) is 0.443. The van der Waals surface area contributed by atoms with Crippen molar-refractivity contribution < 1.29 is 22.4 Å². The topological polar surface area (TPSA) is 17.1 Å². The van der Waals surface area contributed by atoms with Crippen molar-refractivity contribution in [3.63, 3.8) is 0 Å². The van der Waals surface area contributed by atoms with Gasteiger partial charge < -0.3 is 0 Å². The van der Waals surface area contributed by atoms with Crippen LogP contribution in [0, 0.1) is 0 Å². The van der Waals surface area contributed by atoms with Gasteiger partial charge in [0.25, 0.3) is 5.92 Å². The molecule has 0 spiro atoms. The zero-order valence-corrected chi connectivity index (χ0v) is 10.9. The lowest BCUT2D eigenvalue weighted by atomic mass is 10.1. The Morgan fingerprint density at radius 3 is 2.47 bits per heavy atom. The molecule has 0 N–H and O–H groups in total. The van der Waals surface area contributed by atoms with Crippen molar-refractivity contribution in [1.82, 2.24) is 0 Å². The predicted octanol–water partition coefficient (Wildman–Crippen LogP) is 4.28.